The zero-order valence-corrected chi connectivity index (χ0v) is 12.5. The van der Waals surface area contributed by atoms with Crippen LogP contribution in [0.1, 0.15) is 46.5 Å². The molecule has 0 saturated carbocycles. The van der Waals surface area contributed by atoms with Crippen LogP contribution < -0.4 is 5.73 Å². The van der Waals surface area contributed by atoms with Crippen LogP contribution in [0.4, 0.5) is 0 Å². The molecule has 2 rings (SSSR count). The van der Waals surface area contributed by atoms with E-state index in [1.807, 2.05) is 0 Å². The summed E-state index contributed by atoms with van der Waals surface area (Å²) >= 11 is 0. The lowest BCUT2D eigenvalue weighted by atomic mass is 9.89. The monoisotopic (exact) mass is 253 g/mol. The molecule has 0 spiro atoms. The molecule has 0 amide bonds. The molecule has 0 aliphatic carbocycles. The number of hydrogen-bond donors (Lipinski definition) is 1. The fourth-order valence-corrected chi connectivity index (χ4v) is 3.86. The lowest BCUT2D eigenvalue weighted by Gasteiger charge is -2.40. The van der Waals surface area contributed by atoms with Crippen LogP contribution in [-0.2, 0) is 0 Å². The Morgan fingerprint density at radius 3 is 2.44 bits per heavy atom. The maximum Gasteiger partial charge on any atom is 0.0306 e. The molecule has 2 aliphatic heterocycles. The van der Waals surface area contributed by atoms with E-state index in [1.165, 1.54) is 51.9 Å². The highest BCUT2D eigenvalue weighted by molar-refractivity contribution is 4.95. The predicted octanol–water partition coefficient (Wildman–Crippen LogP) is 1.92. The van der Waals surface area contributed by atoms with Crippen molar-refractivity contribution in [3.63, 3.8) is 0 Å². The highest BCUT2D eigenvalue weighted by Gasteiger charge is 2.38. The van der Waals surface area contributed by atoms with Gasteiger partial charge >= 0.3 is 0 Å². The average molecular weight is 253 g/mol. The van der Waals surface area contributed by atoms with Gasteiger partial charge in [0.05, 0.1) is 0 Å². The molecule has 106 valence electrons. The Morgan fingerprint density at radius 2 is 1.89 bits per heavy atom. The lowest BCUT2D eigenvalue weighted by Crippen LogP contribution is -2.52. The summed E-state index contributed by atoms with van der Waals surface area (Å²) in [4.78, 5) is 5.36. The lowest BCUT2D eigenvalue weighted by molar-refractivity contribution is 0.105. The van der Waals surface area contributed by atoms with Crippen LogP contribution in [0.2, 0.25) is 0 Å². The van der Waals surface area contributed by atoms with Crippen LogP contribution in [0.15, 0.2) is 0 Å². The van der Waals surface area contributed by atoms with Crippen molar-refractivity contribution < 1.29 is 0 Å². The SMILES string of the molecule is CC(C)CC(C)(CN)N1CCC(N2CCCC2)C1. The number of likely N-dealkylation sites (tertiary alicyclic amines) is 2. The van der Waals surface area contributed by atoms with Crippen LogP contribution in [0, 0.1) is 5.92 Å². The molecule has 0 bridgehead atoms. The Labute approximate surface area is 113 Å². The van der Waals surface area contributed by atoms with Crippen LogP contribution in [0.5, 0.6) is 0 Å². The Balaban J connectivity index is 1.93. The van der Waals surface area contributed by atoms with Crippen LogP contribution in [-0.4, -0.2) is 54.1 Å². The van der Waals surface area contributed by atoms with Gasteiger partial charge in [-0.3, -0.25) is 9.80 Å². The normalized spacial score (nSPS) is 30.2. The largest absolute Gasteiger partial charge is 0.329 e. The first-order valence-electron chi connectivity index (χ1n) is 7.74. The number of nitrogens with zero attached hydrogens (tertiary/aromatic N) is 2. The molecule has 2 heterocycles. The molecule has 2 atom stereocenters. The van der Waals surface area contributed by atoms with Gasteiger partial charge in [-0.25, -0.2) is 0 Å². The Bertz CT molecular complexity index is 260. The highest BCUT2D eigenvalue weighted by Crippen LogP contribution is 2.29. The molecule has 3 heteroatoms. The zero-order chi connectivity index (χ0) is 13.2. The second kappa shape index (κ2) is 5.89. The molecule has 2 N–H and O–H groups in total. The third kappa shape index (κ3) is 3.06. The van der Waals surface area contributed by atoms with Crippen LogP contribution in [0.25, 0.3) is 0 Å². The first kappa shape index (κ1) is 14.3. The van der Waals surface area contributed by atoms with Crippen molar-refractivity contribution in [1.29, 1.82) is 0 Å². The van der Waals surface area contributed by atoms with Gasteiger partial charge in [-0.2, -0.15) is 0 Å². The topological polar surface area (TPSA) is 32.5 Å². The van der Waals surface area contributed by atoms with Crippen molar-refractivity contribution in [2.24, 2.45) is 11.7 Å². The highest BCUT2D eigenvalue weighted by atomic mass is 15.3. The van der Waals surface area contributed by atoms with Gasteiger partial charge in [0.2, 0.25) is 0 Å². The summed E-state index contributed by atoms with van der Waals surface area (Å²) < 4.78 is 0. The van der Waals surface area contributed by atoms with E-state index in [9.17, 15) is 0 Å². The van der Waals surface area contributed by atoms with Crippen molar-refractivity contribution >= 4 is 0 Å². The molecule has 2 fully saturated rings. The molecule has 2 saturated heterocycles. The van der Waals surface area contributed by atoms with E-state index in [2.05, 4.69) is 30.6 Å². The van der Waals surface area contributed by atoms with Crippen molar-refractivity contribution in [3.8, 4) is 0 Å². The zero-order valence-electron chi connectivity index (χ0n) is 12.5. The van der Waals surface area contributed by atoms with Gasteiger partial charge in [0.15, 0.2) is 0 Å². The van der Waals surface area contributed by atoms with Crippen molar-refractivity contribution in [3.05, 3.63) is 0 Å². The molecule has 0 aromatic carbocycles. The summed E-state index contributed by atoms with van der Waals surface area (Å²) in [7, 11) is 0. The van der Waals surface area contributed by atoms with Gasteiger partial charge in [-0.1, -0.05) is 13.8 Å². The van der Waals surface area contributed by atoms with E-state index in [-0.39, 0.29) is 5.54 Å². The van der Waals surface area contributed by atoms with Gasteiger partial charge < -0.3 is 5.73 Å². The summed E-state index contributed by atoms with van der Waals surface area (Å²) in [5, 5.41) is 0. The molecule has 0 radical (unpaired) electrons. The molecule has 0 aromatic heterocycles. The van der Waals surface area contributed by atoms with Crippen LogP contribution >= 0.6 is 0 Å². The molecule has 18 heavy (non-hydrogen) atoms. The second-order valence-corrected chi connectivity index (χ2v) is 6.93. The first-order valence-corrected chi connectivity index (χ1v) is 7.74. The summed E-state index contributed by atoms with van der Waals surface area (Å²) in [6, 6.07) is 0.797. The van der Waals surface area contributed by atoms with E-state index < -0.39 is 0 Å². The summed E-state index contributed by atoms with van der Waals surface area (Å²) in [6.45, 7) is 12.9. The number of hydrogen-bond acceptors (Lipinski definition) is 3. The summed E-state index contributed by atoms with van der Waals surface area (Å²) in [6.07, 6.45) is 5.36. The minimum atomic E-state index is 0.211. The van der Waals surface area contributed by atoms with E-state index in [0.717, 1.165) is 18.5 Å². The molecule has 2 unspecified atom stereocenters. The Morgan fingerprint density at radius 1 is 1.22 bits per heavy atom. The molecular formula is C15H31N3. The second-order valence-electron chi connectivity index (χ2n) is 6.93. The van der Waals surface area contributed by atoms with E-state index >= 15 is 0 Å². The van der Waals surface area contributed by atoms with Crippen molar-refractivity contribution in [2.75, 3.05) is 32.7 Å². The molecule has 3 nitrogen and oxygen atoms in total. The molecular weight excluding hydrogens is 222 g/mol. The molecule has 2 aliphatic rings. The van der Waals surface area contributed by atoms with Crippen molar-refractivity contribution in [1.82, 2.24) is 9.80 Å². The quantitative estimate of drug-likeness (QED) is 0.812. The third-order valence-electron chi connectivity index (χ3n) is 4.87. The van der Waals surface area contributed by atoms with Crippen LogP contribution in [0.3, 0.4) is 0 Å². The van der Waals surface area contributed by atoms with Gasteiger partial charge in [0, 0.05) is 31.2 Å². The fourth-order valence-electron chi connectivity index (χ4n) is 3.86. The van der Waals surface area contributed by atoms with Gasteiger partial charge in [0.25, 0.3) is 0 Å². The third-order valence-corrected chi connectivity index (χ3v) is 4.87. The summed E-state index contributed by atoms with van der Waals surface area (Å²) in [5.41, 5.74) is 6.29. The minimum Gasteiger partial charge on any atom is -0.329 e. The van der Waals surface area contributed by atoms with Gasteiger partial charge in [-0.15, -0.1) is 0 Å². The van der Waals surface area contributed by atoms with Gasteiger partial charge in [-0.05, 0) is 51.6 Å². The minimum absolute atomic E-state index is 0.211. The summed E-state index contributed by atoms with van der Waals surface area (Å²) in [5.74, 6) is 0.726. The smallest absolute Gasteiger partial charge is 0.0306 e. The maximum absolute atomic E-state index is 6.08. The van der Waals surface area contributed by atoms with E-state index in [1.54, 1.807) is 0 Å². The van der Waals surface area contributed by atoms with E-state index in [0.29, 0.717) is 0 Å². The number of nitrogens with two attached hydrogens (primary N) is 1. The fraction of sp³-hybridized carbons (Fsp3) is 1.00. The Hall–Kier alpha value is -0.120. The standard InChI is InChI=1S/C15H31N3/c1-13(2)10-15(3,12-16)18-9-6-14(11-18)17-7-4-5-8-17/h13-14H,4-12,16H2,1-3H3. The first-order chi connectivity index (χ1) is 8.55. The van der Waals surface area contributed by atoms with Gasteiger partial charge in [0.1, 0.15) is 0 Å². The average Bonchev–Trinajstić information content (AvgIpc) is 2.98. The van der Waals surface area contributed by atoms with Crippen molar-refractivity contribution in [2.45, 2.75) is 58.0 Å². The number of rotatable bonds is 5. The van der Waals surface area contributed by atoms with E-state index in [4.69, 9.17) is 5.73 Å². The molecule has 0 aromatic rings. The maximum atomic E-state index is 6.08. The Kier molecular flexibility index (Phi) is 4.68. The predicted molar refractivity (Wildman–Crippen MR) is 77.7 cm³/mol.